The van der Waals surface area contributed by atoms with E-state index in [0.717, 1.165) is 0 Å². The molecule has 1 aromatic carbocycles. The SMILES string of the molecule is COc1ccc2c(c1)c(CC(=O)O)c1ccnc(C(=O)c3ccccn3)n12. The zero-order valence-electron chi connectivity index (χ0n) is 14.4. The Morgan fingerprint density at radius 2 is 1.93 bits per heavy atom. The molecule has 0 spiro atoms. The van der Waals surface area contributed by atoms with Crippen molar-refractivity contribution in [3.63, 3.8) is 0 Å². The molecule has 0 aliphatic rings. The van der Waals surface area contributed by atoms with Crippen molar-refractivity contribution in [1.29, 1.82) is 0 Å². The van der Waals surface area contributed by atoms with Crippen molar-refractivity contribution in [1.82, 2.24) is 14.4 Å². The van der Waals surface area contributed by atoms with Crippen LogP contribution in [0.5, 0.6) is 5.75 Å². The van der Waals surface area contributed by atoms with E-state index in [4.69, 9.17) is 4.74 Å². The number of nitrogens with zero attached hydrogens (tertiary/aromatic N) is 3. The van der Waals surface area contributed by atoms with Crippen LogP contribution in [-0.4, -0.2) is 38.3 Å². The van der Waals surface area contributed by atoms with E-state index in [0.29, 0.717) is 27.7 Å². The average molecular weight is 361 g/mol. The molecule has 4 rings (SSSR count). The molecule has 4 aromatic rings. The fraction of sp³-hybridized carbons (Fsp3) is 0.100. The van der Waals surface area contributed by atoms with Crippen LogP contribution in [0.3, 0.4) is 0 Å². The van der Waals surface area contributed by atoms with Gasteiger partial charge in [-0.25, -0.2) is 4.98 Å². The number of ether oxygens (including phenoxy) is 1. The minimum absolute atomic E-state index is 0.179. The summed E-state index contributed by atoms with van der Waals surface area (Å²) in [6.07, 6.45) is 2.87. The molecule has 0 atom stereocenters. The Morgan fingerprint density at radius 1 is 1.07 bits per heavy atom. The highest BCUT2D eigenvalue weighted by atomic mass is 16.5. The van der Waals surface area contributed by atoms with Gasteiger partial charge in [0.15, 0.2) is 5.82 Å². The number of rotatable bonds is 5. The summed E-state index contributed by atoms with van der Waals surface area (Å²) in [5.74, 6) is -0.508. The van der Waals surface area contributed by atoms with Crippen LogP contribution in [0, 0.1) is 0 Å². The maximum absolute atomic E-state index is 13.0. The minimum atomic E-state index is -0.957. The number of carboxylic acids is 1. The van der Waals surface area contributed by atoms with Gasteiger partial charge in [0.05, 0.1) is 24.6 Å². The Hall–Kier alpha value is -3.74. The number of carbonyl (C=O) groups excluding carboxylic acids is 1. The molecule has 0 radical (unpaired) electrons. The van der Waals surface area contributed by atoms with Crippen LogP contribution in [0.25, 0.3) is 16.4 Å². The van der Waals surface area contributed by atoms with Crippen molar-refractivity contribution >= 4 is 28.2 Å². The molecule has 7 nitrogen and oxygen atoms in total. The number of benzene rings is 1. The van der Waals surface area contributed by atoms with Gasteiger partial charge in [-0.05, 0) is 42.0 Å². The van der Waals surface area contributed by atoms with Gasteiger partial charge in [-0.1, -0.05) is 6.07 Å². The van der Waals surface area contributed by atoms with Gasteiger partial charge in [0, 0.05) is 17.8 Å². The first-order chi connectivity index (χ1) is 13.1. The quantitative estimate of drug-likeness (QED) is 0.549. The largest absolute Gasteiger partial charge is 0.497 e. The standard InChI is InChI=1S/C20H15N3O4/c1-27-12-5-6-16-13(10-12)14(11-18(24)25)17-7-9-22-20(23(16)17)19(26)15-4-2-3-8-21-15/h2-10H,11H2,1H3,(H,24,25). The van der Waals surface area contributed by atoms with Crippen molar-refractivity contribution in [3.05, 3.63) is 71.9 Å². The molecule has 3 heterocycles. The smallest absolute Gasteiger partial charge is 0.307 e. The van der Waals surface area contributed by atoms with Crippen molar-refractivity contribution in [2.45, 2.75) is 6.42 Å². The van der Waals surface area contributed by atoms with Crippen LogP contribution < -0.4 is 4.74 Å². The van der Waals surface area contributed by atoms with Gasteiger partial charge in [0.2, 0.25) is 5.78 Å². The molecular formula is C20H15N3O4. The van der Waals surface area contributed by atoms with Gasteiger partial charge in [-0.3, -0.25) is 19.0 Å². The molecular weight excluding hydrogens is 346 g/mol. The molecule has 0 fully saturated rings. The van der Waals surface area contributed by atoms with Gasteiger partial charge in [-0.2, -0.15) is 0 Å². The van der Waals surface area contributed by atoms with Gasteiger partial charge in [0.1, 0.15) is 11.4 Å². The lowest BCUT2D eigenvalue weighted by Gasteiger charge is -2.06. The Labute approximate surface area is 153 Å². The Bertz CT molecular complexity index is 1180. The van der Waals surface area contributed by atoms with E-state index in [1.54, 1.807) is 60.2 Å². The molecule has 0 aliphatic carbocycles. The molecule has 0 saturated carbocycles. The van der Waals surface area contributed by atoms with Crippen molar-refractivity contribution in [3.8, 4) is 5.75 Å². The van der Waals surface area contributed by atoms with E-state index in [1.165, 1.54) is 6.20 Å². The number of methoxy groups -OCH3 is 1. The Morgan fingerprint density at radius 3 is 2.63 bits per heavy atom. The summed E-state index contributed by atoms with van der Waals surface area (Å²) < 4.78 is 6.96. The zero-order chi connectivity index (χ0) is 19.0. The monoisotopic (exact) mass is 361 g/mol. The number of hydrogen-bond acceptors (Lipinski definition) is 5. The van der Waals surface area contributed by atoms with E-state index in [1.807, 2.05) is 0 Å². The molecule has 3 aromatic heterocycles. The molecule has 0 saturated heterocycles. The average Bonchev–Trinajstić information content (AvgIpc) is 3.00. The number of aromatic nitrogens is 3. The fourth-order valence-electron chi connectivity index (χ4n) is 3.23. The summed E-state index contributed by atoms with van der Waals surface area (Å²) in [5.41, 5.74) is 2.19. The van der Waals surface area contributed by atoms with E-state index in [2.05, 4.69) is 9.97 Å². The van der Waals surface area contributed by atoms with Crippen LogP contribution in [0.15, 0.2) is 54.9 Å². The highest BCUT2D eigenvalue weighted by Crippen LogP contribution is 2.31. The van der Waals surface area contributed by atoms with E-state index in [-0.39, 0.29) is 23.7 Å². The number of carboxylic acid groups (broad SMARTS) is 1. The number of fused-ring (bicyclic) bond motifs is 3. The maximum Gasteiger partial charge on any atom is 0.307 e. The number of pyridine rings is 1. The van der Waals surface area contributed by atoms with Gasteiger partial charge in [0.25, 0.3) is 0 Å². The van der Waals surface area contributed by atoms with Crippen LogP contribution in [0.2, 0.25) is 0 Å². The van der Waals surface area contributed by atoms with Gasteiger partial charge < -0.3 is 9.84 Å². The summed E-state index contributed by atoms with van der Waals surface area (Å²) in [6.45, 7) is 0. The third-order valence-corrected chi connectivity index (χ3v) is 4.39. The second kappa shape index (κ2) is 6.53. The van der Waals surface area contributed by atoms with Crippen LogP contribution in [0.4, 0.5) is 0 Å². The van der Waals surface area contributed by atoms with Gasteiger partial charge in [-0.15, -0.1) is 0 Å². The molecule has 1 N–H and O–H groups in total. The molecule has 0 bridgehead atoms. The molecule has 0 amide bonds. The van der Waals surface area contributed by atoms with Crippen LogP contribution in [-0.2, 0) is 11.2 Å². The molecule has 0 unspecified atom stereocenters. The number of hydrogen-bond donors (Lipinski definition) is 1. The maximum atomic E-state index is 13.0. The molecule has 134 valence electrons. The first-order valence-corrected chi connectivity index (χ1v) is 8.23. The zero-order valence-corrected chi connectivity index (χ0v) is 14.4. The van der Waals surface area contributed by atoms with Crippen LogP contribution in [0.1, 0.15) is 21.9 Å². The molecule has 0 aliphatic heterocycles. The lowest BCUT2D eigenvalue weighted by molar-refractivity contribution is -0.136. The predicted molar refractivity (Wildman–Crippen MR) is 98.3 cm³/mol. The van der Waals surface area contributed by atoms with Crippen molar-refractivity contribution in [2.24, 2.45) is 0 Å². The second-order valence-corrected chi connectivity index (χ2v) is 5.97. The normalized spacial score (nSPS) is 11.0. The topological polar surface area (TPSA) is 93.8 Å². The Balaban J connectivity index is 2.05. The predicted octanol–water partition coefficient (Wildman–Crippen LogP) is 2.75. The van der Waals surface area contributed by atoms with E-state index < -0.39 is 5.97 Å². The van der Waals surface area contributed by atoms with E-state index >= 15 is 0 Å². The molecule has 27 heavy (non-hydrogen) atoms. The molecule has 7 heteroatoms. The summed E-state index contributed by atoms with van der Waals surface area (Å²) >= 11 is 0. The van der Waals surface area contributed by atoms with E-state index in [9.17, 15) is 14.7 Å². The summed E-state index contributed by atoms with van der Waals surface area (Å²) in [7, 11) is 1.55. The van der Waals surface area contributed by atoms with Gasteiger partial charge >= 0.3 is 5.97 Å². The summed E-state index contributed by atoms with van der Waals surface area (Å²) in [6, 6.07) is 12.1. The number of aliphatic carboxylic acids is 1. The summed E-state index contributed by atoms with van der Waals surface area (Å²) in [5, 5.41) is 10.1. The first-order valence-electron chi connectivity index (χ1n) is 8.23. The third-order valence-electron chi connectivity index (χ3n) is 4.39. The van der Waals surface area contributed by atoms with Crippen molar-refractivity contribution < 1.29 is 19.4 Å². The highest BCUT2D eigenvalue weighted by molar-refractivity contribution is 6.07. The highest BCUT2D eigenvalue weighted by Gasteiger charge is 2.21. The first kappa shape index (κ1) is 16.7. The fourth-order valence-corrected chi connectivity index (χ4v) is 3.23. The van der Waals surface area contributed by atoms with Crippen LogP contribution >= 0.6 is 0 Å². The minimum Gasteiger partial charge on any atom is -0.497 e. The lowest BCUT2D eigenvalue weighted by Crippen LogP contribution is -2.12. The lowest BCUT2D eigenvalue weighted by atomic mass is 10.1. The number of carbonyl (C=O) groups is 2. The van der Waals surface area contributed by atoms with Crippen molar-refractivity contribution in [2.75, 3.05) is 7.11 Å². The Kier molecular flexibility index (Phi) is 4.04. The third kappa shape index (κ3) is 2.79. The number of ketones is 1. The second-order valence-electron chi connectivity index (χ2n) is 5.97. The summed E-state index contributed by atoms with van der Waals surface area (Å²) in [4.78, 5) is 32.8.